The second kappa shape index (κ2) is 6.37. The van der Waals surface area contributed by atoms with Crippen LogP contribution in [0.4, 0.5) is 0 Å². The van der Waals surface area contributed by atoms with Crippen molar-refractivity contribution in [1.82, 2.24) is 5.32 Å². The van der Waals surface area contributed by atoms with Crippen molar-refractivity contribution in [3.63, 3.8) is 0 Å². The van der Waals surface area contributed by atoms with Crippen LogP contribution >= 0.6 is 0 Å². The Morgan fingerprint density at radius 1 is 1.47 bits per heavy atom. The summed E-state index contributed by atoms with van der Waals surface area (Å²) in [6.45, 7) is 4.12. The van der Waals surface area contributed by atoms with Crippen molar-refractivity contribution in [3.8, 4) is 0 Å². The summed E-state index contributed by atoms with van der Waals surface area (Å²) >= 11 is 0. The van der Waals surface area contributed by atoms with Crippen molar-refractivity contribution >= 4 is 5.97 Å². The summed E-state index contributed by atoms with van der Waals surface area (Å²) in [7, 11) is 1.50. The Balaban J connectivity index is 2.73. The Bertz CT molecular complexity index is 379. The van der Waals surface area contributed by atoms with E-state index in [0.717, 1.165) is 11.1 Å². The second-order valence-corrected chi connectivity index (χ2v) is 4.09. The van der Waals surface area contributed by atoms with Crippen LogP contribution in [0.25, 0.3) is 0 Å². The number of carbonyl (C=O) groups is 1. The van der Waals surface area contributed by atoms with E-state index in [0.29, 0.717) is 0 Å². The van der Waals surface area contributed by atoms with Crippen LogP contribution in [0.15, 0.2) is 24.3 Å². The highest BCUT2D eigenvalue weighted by Crippen LogP contribution is 2.17. The largest absolute Gasteiger partial charge is 0.480 e. The van der Waals surface area contributed by atoms with E-state index in [9.17, 15) is 4.79 Å². The molecule has 0 aliphatic carbocycles. The zero-order valence-electron chi connectivity index (χ0n) is 10.4. The van der Waals surface area contributed by atoms with Gasteiger partial charge in [-0.3, -0.25) is 10.1 Å². The molecule has 0 amide bonds. The van der Waals surface area contributed by atoms with Gasteiger partial charge in [0, 0.05) is 13.2 Å². The minimum atomic E-state index is -0.896. The zero-order valence-corrected chi connectivity index (χ0v) is 10.4. The summed E-state index contributed by atoms with van der Waals surface area (Å²) in [6.07, 6.45) is 0. The normalized spacial score (nSPS) is 14.3. The Morgan fingerprint density at radius 2 is 2.12 bits per heavy atom. The van der Waals surface area contributed by atoms with Gasteiger partial charge in [-0.25, -0.2) is 0 Å². The Kier molecular flexibility index (Phi) is 5.12. The summed E-state index contributed by atoms with van der Waals surface area (Å²) in [4.78, 5) is 11.0. The standard InChI is InChI=1S/C13H19NO3/c1-9-6-4-5-7-11(9)10(2)14-12(8-17-3)13(15)16/h4-7,10,12,14H,8H2,1-3H3,(H,15,16)/t10-,12?/m0/s1. The lowest BCUT2D eigenvalue weighted by Crippen LogP contribution is -2.41. The van der Waals surface area contributed by atoms with Crippen LogP contribution in [0.2, 0.25) is 0 Å². The van der Waals surface area contributed by atoms with Gasteiger partial charge in [0.25, 0.3) is 0 Å². The molecule has 17 heavy (non-hydrogen) atoms. The monoisotopic (exact) mass is 237 g/mol. The van der Waals surface area contributed by atoms with Crippen LogP contribution in [-0.2, 0) is 9.53 Å². The third-order valence-corrected chi connectivity index (χ3v) is 2.74. The number of rotatable bonds is 6. The zero-order chi connectivity index (χ0) is 12.8. The average Bonchev–Trinajstić information content (AvgIpc) is 2.28. The van der Waals surface area contributed by atoms with E-state index < -0.39 is 12.0 Å². The molecule has 0 bridgehead atoms. The quantitative estimate of drug-likeness (QED) is 0.791. The first-order chi connectivity index (χ1) is 8.06. The van der Waals surface area contributed by atoms with Crippen molar-refractivity contribution in [3.05, 3.63) is 35.4 Å². The topological polar surface area (TPSA) is 58.6 Å². The molecule has 4 heteroatoms. The number of benzene rings is 1. The van der Waals surface area contributed by atoms with Gasteiger partial charge in [-0.1, -0.05) is 24.3 Å². The number of ether oxygens (including phenoxy) is 1. The number of hydrogen-bond donors (Lipinski definition) is 2. The predicted octanol–water partition coefficient (Wildman–Crippen LogP) is 1.75. The molecule has 1 rings (SSSR count). The van der Waals surface area contributed by atoms with Crippen LogP contribution in [-0.4, -0.2) is 30.8 Å². The summed E-state index contributed by atoms with van der Waals surface area (Å²) in [5.74, 6) is -0.896. The van der Waals surface area contributed by atoms with Gasteiger partial charge >= 0.3 is 5.97 Å². The van der Waals surface area contributed by atoms with Gasteiger partial charge in [0.1, 0.15) is 6.04 Å². The van der Waals surface area contributed by atoms with Crippen molar-refractivity contribution in [2.45, 2.75) is 25.9 Å². The predicted molar refractivity (Wildman–Crippen MR) is 66.0 cm³/mol. The van der Waals surface area contributed by atoms with Crippen molar-refractivity contribution in [1.29, 1.82) is 0 Å². The molecular formula is C13H19NO3. The van der Waals surface area contributed by atoms with Gasteiger partial charge in [-0.15, -0.1) is 0 Å². The molecule has 1 aromatic carbocycles. The summed E-state index contributed by atoms with van der Waals surface area (Å²) in [5, 5.41) is 12.1. The molecule has 0 saturated carbocycles. The van der Waals surface area contributed by atoms with Gasteiger partial charge in [-0.2, -0.15) is 0 Å². The van der Waals surface area contributed by atoms with E-state index in [2.05, 4.69) is 5.32 Å². The van der Waals surface area contributed by atoms with Crippen molar-refractivity contribution < 1.29 is 14.6 Å². The minimum absolute atomic E-state index is 0.0209. The number of aliphatic carboxylic acids is 1. The summed E-state index contributed by atoms with van der Waals surface area (Å²) in [6, 6.07) is 7.22. The number of methoxy groups -OCH3 is 1. The third-order valence-electron chi connectivity index (χ3n) is 2.74. The summed E-state index contributed by atoms with van der Waals surface area (Å²) < 4.78 is 4.89. The highest BCUT2D eigenvalue weighted by atomic mass is 16.5. The maximum Gasteiger partial charge on any atom is 0.323 e. The molecule has 2 atom stereocenters. The molecule has 0 saturated heterocycles. The van der Waals surface area contributed by atoms with Crippen LogP contribution in [0.1, 0.15) is 24.1 Å². The molecule has 0 radical (unpaired) electrons. The fourth-order valence-electron chi connectivity index (χ4n) is 1.82. The van der Waals surface area contributed by atoms with Crippen molar-refractivity contribution in [2.24, 2.45) is 0 Å². The van der Waals surface area contributed by atoms with Gasteiger partial charge in [0.2, 0.25) is 0 Å². The number of hydrogen-bond acceptors (Lipinski definition) is 3. The molecule has 0 aliphatic heterocycles. The maximum absolute atomic E-state index is 11.0. The fourth-order valence-corrected chi connectivity index (χ4v) is 1.82. The van der Waals surface area contributed by atoms with Gasteiger partial charge in [0.05, 0.1) is 6.61 Å². The molecule has 4 nitrogen and oxygen atoms in total. The first-order valence-electron chi connectivity index (χ1n) is 5.59. The first-order valence-corrected chi connectivity index (χ1v) is 5.59. The Hall–Kier alpha value is -1.39. The molecule has 0 aliphatic rings. The summed E-state index contributed by atoms with van der Waals surface area (Å²) in [5.41, 5.74) is 2.25. The lowest BCUT2D eigenvalue weighted by molar-refractivity contribution is -0.141. The Labute approximate surface area is 102 Å². The first kappa shape index (κ1) is 13.7. The fraction of sp³-hybridized carbons (Fsp3) is 0.462. The van der Waals surface area contributed by atoms with E-state index >= 15 is 0 Å². The van der Waals surface area contributed by atoms with Crippen molar-refractivity contribution in [2.75, 3.05) is 13.7 Å². The van der Waals surface area contributed by atoms with E-state index in [1.54, 1.807) is 0 Å². The molecule has 2 N–H and O–H groups in total. The Morgan fingerprint density at radius 3 is 2.65 bits per heavy atom. The van der Waals surface area contributed by atoms with Crippen LogP contribution < -0.4 is 5.32 Å². The van der Waals surface area contributed by atoms with E-state index in [-0.39, 0.29) is 12.6 Å². The van der Waals surface area contributed by atoms with E-state index in [1.165, 1.54) is 7.11 Å². The smallest absolute Gasteiger partial charge is 0.323 e. The lowest BCUT2D eigenvalue weighted by Gasteiger charge is -2.21. The highest BCUT2D eigenvalue weighted by molar-refractivity contribution is 5.73. The van der Waals surface area contributed by atoms with E-state index in [1.807, 2.05) is 38.1 Å². The van der Waals surface area contributed by atoms with E-state index in [4.69, 9.17) is 9.84 Å². The van der Waals surface area contributed by atoms with Crippen LogP contribution in [0.5, 0.6) is 0 Å². The number of carboxylic acids is 1. The molecule has 0 spiro atoms. The van der Waals surface area contributed by atoms with Gasteiger partial charge < -0.3 is 9.84 Å². The minimum Gasteiger partial charge on any atom is -0.480 e. The SMILES string of the molecule is COCC(N[C@@H](C)c1ccccc1C)C(=O)O. The second-order valence-electron chi connectivity index (χ2n) is 4.09. The number of carboxylic acid groups (broad SMARTS) is 1. The maximum atomic E-state index is 11.0. The molecule has 1 aromatic rings. The molecule has 94 valence electrons. The molecule has 1 unspecified atom stereocenters. The molecule has 0 fully saturated rings. The molecule has 0 aromatic heterocycles. The van der Waals surface area contributed by atoms with Crippen LogP contribution in [0.3, 0.4) is 0 Å². The lowest BCUT2D eigenvalue weighted by atomic mass is 10.0. The average molecular weight is 237 g/mol. The number of aryl methyl sites for hydroxylation is 1. The highest BCUT2D eigenvalue weighted by Gasteiger charge is 2.20. The van der Waals surface area contributed by atoms with Gasteiger partial charge in [0.15, 0.2) is 0 Å². The molecule has 0 heterocycles. The third kappa shape index (κ3) is 3.84. The number of nitrogens with one attached hydrogen (secondary N) is 1. The van der Waals surface area contributed by atoms with Gasteiger partial charge in [-0.05, 0) is 25.0 Å². The van der Waals surface area contributed by atoms with Crippen LogP contribution in [0, 0.1) is 6.92 Å². The molecular weight excluding hydrogens is 218 g/mol.